The molecule has 3 rings (SSSR count). The van der Waals surface area contributed by atoms with Gasteiger partial charge in [0.15, 0.2) is 11.6 Å². The zero-order valence-electron chi connectivity index (χ0n) is 17.8. The topological polar surface area (TPSA) is 75.7 Å². The molecule has 1 saturated heterocycles. The number of nitrogens with one attached hydrogen (secondary N) is 1. The van der Waals surface area contributed by atoms with Crippen LogP contribution >= 0.6 is 24.0 Å². The number of hydrogen-bond donors (Lipinski definition) is 1. The van der Waals surface area contributed by atoms with E-state index in [1.165, 1.54) is 19.2 Å². The first-order valence-corrected chi connectivity index (χ1v) is 11.9. The van der Waals surface area contributed by atoms with Gasteiger partial charge in [0.05, 0.1) is 23.9 Å². The van der Waals surface area contributed by atoms with Crippen LogP contribution in [0.5, 0.6) is 0 Å². The van der Waals surface area contributed by atoms with Crippen molar-refractivity contribution in [1.82, 2.24) is 10.2 Å². The van der Waals surface area contributed by atoms with E-state index in [0.29, 0.717) is 30.2 Å². The van der Waals surface area contributed by atoms with E-state index < -0.39 is 23.6 Å². The number of likely N-dealkylation sites (tertiary alicyclic amines) is 1. The summed E-state index contributed by atoms with van der Waals surface area (Å²) in [7, 11) is 1.25. The van der Waals surface area contributed by atoms with Crippen molar-refractivity contribution in [3.8, 4) is 0 Å². The molecule has 1 saturated carbocycles. The molecule has 1 aromatic carbocycles. The highest BCUT2D eigenvalue weighted by Gasteiger charge is 2.34. The maximum Gasteiger partial charge on any atom is 0.316 e. The minimum atomic E-state index is -0.923. The monoisotopic (exact) mass is 484 g/mol. The van der Waals surface area contributed by atoms with Crippen LogP contribution in [0.2, 0.25) is 0 Å². The number of thiocarbonyl (C=S) groups is 1. The maximum absolute atomic E-state index is 14.1. The van der Waals surface area contributed by atoms with Gasteiger partial charge in [-0.25, -0.2) is 8.78 Å². The van der Waals surface area contributed by atoms with Crippen LogP contribution in [0, 0.1) is 17.6 Å². The van der Waals surface area contributed by atoms with Gasteiger partial charge in [-0.15, -0.1) is 0 Å². The van der Waals surface area contributed by atoms with Crippen LogP contribution in [0.15, 0.2) is 18.2 Å². The maximum atomic E-state index is 14.1. The average molecular weight is 485 g/mol. The number of amides is 1. The van der Waals surface area contributed by atoms with Gasteiger partial charge in [0.1, 0.15) is 0 Å². The molecule has 1 aromatic rings. The number of thioether (sulfide) groups is 1. The first-order valence-electron chi connectivity index (χ1n) is 10.5. The Hall–Kier alpha value is -2.07. The second kappa shape index (κ2) is 11.2. The SMILES string of the molecule is COC(=O)CSC(=O)[C@H](CC1CC1)NC(=O)C[C@@H]1CCC(=S)N1Cc1cccc(F)c1F. The van der Waals surface area contributed by atoms with Crippen LogP contribution < -0.4 is 5.32 Å². The van der Waals surface area contributed by atoms with Gasteiger partial charge in [0.2, 0.25) is 11.0 Å². The van der Waals surface area contributed by atoms with E-state index in [-0.39, 0.29) is 41.3 Å². The van der Waals surface area contributed by atoms with Crippen molar-refractivity contribution in [2.45, 2.75) is 57.2 Å². The molecule has 10 heteroatoms. The van der Waals surface area contributed by atoms with E-state index in [2.05, 4.69) is 10.1 Å². The Balaban J connectivity index is 1.60. The van der Waals surface area contributed by atoms with E-state index in [1.54, 1.807) is 4.90 Å². The Bertz CT molecular complexity index is 895. The van der Waals surface area contributed by atoms with Gasteiger partial charge >= 0.3 is 5.97 Å². The third kappa shape index (κ3) is 6.71. The van der Waals surface area contributed by atoms with E-state index in [9.17, 15) is 23.2 Å². The fourth-order valence-electron chi connectivity index (χ4n) is 3.73. The van der Waals surface area contributed by atoms with Crippen molar-refractivity contribution >= 4 is 46.0 Å². The van der Waals surface area contributed by atoms with Crippen molar-refractivity contribution in [2.24, 2.45) is 5.92 Å². The Kier molecular flexibility index (Phi) is 8.58. The first kappa shape index (κ1) is 24.6. The van der Waals surface area contributed by atoms with Crippen LogP contribution in [0.4, 0.5) is 8.78 Å². The van der Waals surface area contributed by atoms with Crippen LogP contribution in [0.25, 0.3) is 0 Å². The summed E-state index contributed by atoms with van der Waals surface area (Å²) < 4.78 is 32.2. The Labute approximate surface area is 195 Å². The zero-order chi connectivity index (χ0) is 23.3. The number of carbonyl (C=O) groups is 3. The molecule has 6 nitrogen and oxygen atoms in total. The largest absolute Gasteiger partial charge is 0.468 e. The predicted octanol–water partition coefficient (Wildman–Crippen LogP) is 3.36. The van der Waals surface area contributed by atoms with E-state index >= 15 is 0 Å². The second-order valence-electron chi connectivity index (χ2n) is 8.11. The smallest absolute Gasteiger partial charge is 0.316 e. The summed E-state index contributed by atoms with van der Waals surface area (Å²) in [5.41, 5.74) is 0.181. The van der Waals surface area contributed by atoms with Gasteiger partial charge in [-0.05, 0) is 31.2 Å². The summed E-state index contributed by atoms with van der Waals surface area (Å²) in [6.07, 6.45) is 3.88. The van der Waals surface area contributed by atoms with Crippen molar-refractivity contribution in [1.29, 1.82) is 0 Å². The van der Waals surface area contributed by atoms with Crippen molar-refractivity contribution in [3.05, 3.63) is 35.4 Å². The van der Waals surface area contributed by atoms with Gasteiger partial charge in [-0.2, -0.15) is 0 Å². The van der Waals surface area contributed by atoms with Crippen LogP contribution in [-0.4, -0.2) is 51.8 Å². The summed E-state index contributed by atoms with van der Waals surface area (Å²) in [5, 5.41) is 2.54. The lowest BCUT2D eigenvalue weighted by molar-refractivity contribution is -0.137. The summed E-state index contributed by atoms with van der Waals surface area (Å²) in [5.74, 6) is -2.34. The van der Waals surface area contributed by atoms with E-state index in [1.807, 2.05) is 0 Å². The van der Waals surface area contributed by atoms with Gasteiger partial charge in [-0.3, -0.25) is 14.4 Å². The second-order valence-corrected chi connectivity index (χ2v) is 9.57. The summed E-state index contributed by atoms with van der Waals surface area (Å²) in [6, 6.07) is 3.06. The van der Waals surface area contributed by atoms with E-state index in [4.69, 9.17) is 12.2 Å². The number of nitrogens with zero attached hydrogens (tertiary/aromatic N) is 1. The Morgan fingerprint density at radius 2 is 2.03 bits per heavy atom. The van der Waals surface area contributed by atoms with Gasteiger partial charge < -0.3 is 15.0 Å². The fraction of sp³-hybridized carbons (Fsp3) is 0.545. The molecule has 0 radical (unpaired) electrons. The highest BCUT2D eigenvalue weighted by Crippen LogP contribution is 2.34. The fourth-order valence-corrected chi connectivity index (χ4v) is 4.80. The van der Waals surface area contributed by atoms with Gasteiger partial charge in [-0.1, -0.05) is 49.0 Å². The van der Waals surface area contributed by atoms with Crippen molar-refractivity contribution in [3.63, 3.8) is 0 Å². The molecule has 1 aliphatic carbocycles. The molecule has 1 N–H and O–H groups in total. The zero-order valence-corrected chi connectivity index (χ0v) is 19.4. The van der Waals surface area contributed by atoms with Crippen LogP contribution in [0.1, 0.15) is 44.1 Å². The third-order valence-corrected chi connectivity index (χ3v) is 7.08. The molecule has 1 amide bonds. The molecule has 174 valence electrons. The van der Waals surface area contributed by atoms with Crippen molar-refractivity contribution in [2.75, 3.05) is 12.9 Å². The minimum Gasteiger partial charge on any atom is -0.468 e. The number of esters is 1. The molecule has 0 aromatic heterocycles. The molecule has 0 bridgehead atoms. The summed E-state index contributed by atoms with van der Waals surface area (Å²) >= 11 is 6.23. The Morgan fingerprint density at radius 1 is 1.28 bits per heavy atom. The highest BCUT2D eigenvalue weighted by molar-refractivity contribution is 8.14. The number of hydrogen-bond acceptors (Lipinski definition) is 6. The lowest BCUT2D eigenvalue weighted by Crippen LogP contribution is -2.43. The van der Waals surface area contributed by atoms with Crippen LogP contribution in [-0.2, 0) is 25.7 Å². The Morgan fingerprint density at radius 3 is 2.72 bits per heavy atom. The molecule has 2 fully saturated rings. The summed E-state index contributed by atoms with van der Waals surface area (Å²) in [4.78, 5) is 39.0. The lowest BCUT2D eigenvalue weighted by Gasteiger charge is -2.27. The molecule has 0 spiro atoms. The third-order valence-electron chi connectivity index (χ3n) is 5.69. The normalized spacial score (nSPS) is 19.0. The van der Waals surface area contributed by atoms with Gasteiger partial charge in [0, 0.05) is 24.6 Å². The summed E-state index contributed by atoms with van der Waals surface area (Å²) in [6.45, 7) is 0.0831. The van der Waals surface area contributed by atoms with Crippen molar-refractivity contribution < 1.29 is 27.9 Å². The number of halogens is 2. The number of benzene rings is 1. The number of ether oxygens (including phenoxy) is 1. The molecular formula is C22H26F2N2O4S2. The molecule has 1 heterocycles. The number of carbonyl (C=O) groups excluding carboxylic acids is 3. The highest BCUT2D eigenvalue weighted by atomic mass is 32.2. The standard InChI is InChI=1S/C22H26F2N2O4S2/c1-30-20(28)12-32-22(29)17(9-13-5-6-13)25-18(27)10-15-7-8-19(31)26(15)11-14-3-2-4-16(23)21(14)24/h2-4,13,15,17H,5-12H2,1H3,(H,25,27)/t15-,17-/m0/s1. The lowest BCUT2D eigenvalue weighted by atomic mass is 10.1. The molecular weight excluding hydrogens is 458 g/mol. The van der Waals surface area contributed by atoms with E-state index in [0.717, 1.165) is 30.7 Å². The minimum absolute atomic E-state index is 0.0831. The molecule has 32 heavy (non-hydrogen) atoms. The molecule has 2 aliphatic rings. The predicted molar refractivity (Wildman–Crippen MR) is 121 cm³/mol. The van der Waals surface area contributed by atoms with Crippen LogP contribution in [0.3, 0.4) is 0 Å². The number of rotatable bonds is 10. The van der Waals surface area contributed by atoms with Gasteiger partial charge in [0.25, 0.3) is 0 Å². The quantitative estimate of drug-likeness (QED) is 0.403. The molecule has 1 aliphatic heterocycles. The number of methoxy groups -OCH3 is 1. The first-order chi connectivity index (χ1) is 15.3. The molecule has 0 unspecified atom stereocenters. The average Bonchev–Trinajstić information content (AvgIpc) is 3.53. The molecule has 2 atom stereocenters.